The number of aromatic hydroxyl groups is 1. The van der Waals surface area contributed by atoms with Gasteiger partial charge in [-0.05, 0) is 35.9 Å². The first-order valence-electron chi connectivity index (χ1n) is 8.10. The van der Waals surface area contributed by atoms with E-state index >= 15 is 0 Å². The third kappa shape index (κ3) is 2.83. The van der Waals surface area contributed by atoms with E-state index in [4.69, 9.17) is 9.15 Å². The van der Waals surface area contributed by atoms with Crippen LogP contribution in [0.1, 0.15) is 5.56 Å². The summed E-state index contributed by atoms with van der Waals surface area (Å²) in [5, 5.41) is 10.5. The molecule has 0 spiro atoms. The SMILES string of the molecule is COc1ccc2c(c1)c1oc(=O)cc(O)c1c(=O)n2Cc1ccc(F)cc1. The van der Waals surface area contributed by atoms with Crippen molar-refractivity contribution in [3.05, 3.63) is 80.7 Å². The average Bonchev–Trinajstić information content (AvgIpc) is 2.65. The van der Waals surface area contributed by atoms with Crippen LogP contribution in [-0.2, 0) is 6.54 Å². The van der Waals surface area contributed by atoms with Crippen LogP contribution in [0, 0.1) is 5.82 Å². The van der Waals surface area contributed by atoms with Crippen LogP contribution < -0.4 is 15.9 Å². The molecule has 27 heavy (non-hydrogen) atoms. The predicted molar refractivity (Wildman–Crippen MR) is 98.0 cm³/mol. The monoisotopic (exact) mass is 367 g/mol. The molecule has 0 atom stereocenters. The van der Waals surface area contributed by atoms with Crippen LogP contribution in [0.2, 0.25) is 0 Å². The van der Waals surface area contributed by atoms with Gasteiger partial charge >= 0.3 is 5.63 Å². The van der Waals surface area contributed by atoms with Gasteiger partial charge in [0.1, 0.15) is 22.7 Å². The highest BCUT2D eigenvalue weighted by atomic mass is 19.1. The number of aromatic nitrogens is 1. The summed E-state index contributed by atoms with van der Waals surface area (Å²) in [6.07, 6.45) is 0. The molecule has 1 N–H and O–H groups in total. The number of benzene rings is 2. The fourth-order valence-corrected chi connectivity index (χ4v) is 3.11. The Morgan fingerprint density at radius 1 is 1.11 bits per heavy atom. The number of fused-ring (bicyclic) bond motifs is 3. The molecule has 2 aromatic carbocycles. The Bertz CT molecular complexity index is 1290. The normalized spacial score (nSPS) is 11.2. The van der Waals surface area contributed by atoms with Crippen molar-refractivity contribution < 1.29 is 18.7 Å². The van der Waals surface area contributed by atoms with E-state index in [9.17, 15) is 19.1 Å². The Morgan fingerprint density at radius 3 is 2.56 bits per heavy atom. The minimum Gasteiger partial charge on any atom is -0.507 e. The van der Waals surface area contributed by atoms with Crippen LogP contribution >= 0.6 is 0 Å². The molecule has 0 fully saturated rings. The Kier molecular flexibility index (Phi) is 3.92. The second kappa shape index (κ2) is 6.28. The minimum atomic E-state index is -0.764. The summed E-state index contributed by atoms with van der Waals surface area (Å²) in [4.78, 5) is 24.8. The molecule has 0 aliphatic heterocycles. The Morgan fingerprint density at radius 2 is 1.85 bits per heavy atom. The van der Waals surface area contributed by atoms with Crippen molar-refractivity contribution in [3.63, 3.8) is 0 Å². The standard InChI is InChI=1S/C20H14FNO5/c1-26-13-6-7-15-14(8-13)19-18(16(23)9-17(24)27-19)20(25)22(15)10-11-2-4-12(21)5-3-11/h2-9,23H,10H2,1H3. The second-order valence-electron chi connectivity index (χ2n) is 6.06. The largest absolute Gasteiger partial charge is 0.507 e. The molecule has 0 radical (unpaired) electrons. The Balaban J connectivity index is 2.10. The van der Waals surface area contributed by atoms with Crippen molar-refractivity contribution >= 4 is 21.9 Å². The van der Waals surface area contributed by atoms with Gasteiger partial charge in [-0.25, -0.2) is 9.18 Å². The maximum Gasteiger partial charge on any atom is 0.339 e. The molecular formula is C20H14FNO5. The molecule has 0 saturated heterocycles. The summed E-state index contributed by atoms with van der Waals surface area (Å²) < 4.78 is 25.1. The molecule has 6 nitrogen and oxygen atoms in total. The zero-order chi connectivity index (χ0) is 19.1. The molecule has 0 unspecified atom stereocenters. The van der Waals surface area contributed by atoms with Gasteiger partial charge in [0.15, 0.2) is 5.58 Å². The van der Waals surface area contributed by atoms with E-state index in [1.807, 2.05) is 0 Å². The molecule has 4 aromatic rings. The number of ether oxygens (including phenoxy) is 1. The minimum absolute atomic E-state index is 0.00532. The fourth-order valence-electron chi connectivity index (χ4n) is 3.11. The van der Waals surface area contributed by atoms with Gasteiger partial charge < -0.3 is 18.8 Å². The number of pyridine rings is 1. The maximum atomic E-state index is 13.2. The van der Waals surface area contributed by atoms with Crippen LogP contribution in [0.3, 0.4) is 0 Å². The maximum absolute atomic E-state index is 13.2. The molecule has 0 aliphatic carbocycles. The zero-order valence-corrected chi connectivity index (χ0v) is 14.2. The van der Waals surface area contributed by atoms with Gasteiger partial charge in [-0.2, -0.15) is 0 Å². The molecule has 7 heteroatoms. The van der Waals surface area contributed by atoms with Crippen molar-refractivity contribution in [2.24, 2.45) is 0 Å². The Labute approximate surface area is 151 Å². The summed E-state index contributed by atoms with van der Waals surface area (Å²) in [5.41, 5.74) is -0.0967. The quantitative estimate of drug-likeness (QED) is 0.563. The first-order chi connectivity index (χ1) is 13.0. The lowest BCUT2D eigenvalue weighted by molar-refractivity contribution is 0.415. The van der Waals surface area contributed by atoms with Gasteiger partial charge in [0, 0.05) is 5.39 Å². The highest BCUT2D eigenvalue weighted by Crippen LogP contribution is 2.29. The molecule has 0 aliphatic rings. The van der Waals surface area contributed by atoms with Crippen molar-refractivity contribution in [2.45, 2.75) is 6.54 Å². The summed E-state index contributed by atoms with van der Waals surface area (Å²) in [6.45, 7) is 0.149. The van der Waals surface area contributed by atoms with Crippen LogP contribution in [0.4, 0.5) is 4.39 Å². The van der Waals surface area contributed by atoms with Gasteiger partial charge in [-0.15, -0.1) is 0 Å². The fraction of sp³-hybridized carbons (Fsp3) is 0.100. The lowest BCUT2D eigenvalue weighted by Crippen LogP contribution is -2.22. The van der Waals surface area contributed by atoms with E-state index in [0.29, 0.717) is 22.2 Å². The molecule has 0 saturated carbocycles. The average molecular weight is 367 g/mol. The van der Waals surface area contributed by atoms with Gasteiger partial charge in [-0.3, -0.25) is 4.79 Å². The molecule has 4 rings (SSSR count). The number of halogens is 1. The van der Waals surface area contributed by atoms with Crippen LogP contribution in [-0.4, -0.2) is 16.8 Å². The van der Waals surface area contributed by atoms with Crippen molar-refractivity contribution in [3.8, 4) is 11.5 Å². The van der Waals surface area contributed by atoms with E-state index in [1.54, 1.807) is 30.3 Å². The predicted octanol–water partition coefficient (Wildman–Crippen LogP) is 3.01. The number of methoxy groups -OCH3 is 1. The highest BCUT2D eigenvalue weighted by Gasteiger charge is 2.18. The molecule has 136 valence electrons. The molecule has 0 bridgehead atoms. The first kappa shape index (κ1) is 16.8. The van der Waals surface area contributed by atoms with Crippen LogP contribution in [0.25, 0.3) is 21.9 Å². The molecule has 2 aromatic heterocycles. The summed E-state index contributed by atoms with van der Waals surface area (Å²) >= 11 is 0. The summed E-state index contributed by atoms with van der Waals surface area (Å²) in [7, 11) is 1.49. The molecule has 0 amide bonds. The third-order valence-electron chi connectivity index (χ3n) is 4.39. The van der Waals surface area contributed by atoms with E-state index in [2.05, 4.69) is 0 Å². The zero-order valence-electron chi connectivity index (χ0n) is 14.2. The number of rotatable bonds is 3. The Hall–Kier alpha value is -3.61. The van der Waals surface area contributed by atoms with Crippen molar-refractivity contribution in [1.82, 2.24) is 4.57 Å². The topological polar surface area (TPSA) is 81.7 Å². The highest BCUT2D eigenvalue weighted by molar-refractivity contribution is 6.04. The van der Waals surface area contributed by atoms with Crippen molar-refractivity contribution in [2.75, 3.05) is 7.11 Å². The van der Waals surface area contributed by atoms with Crippen LogP contribution in [0.15, 0.2) is 62.5 Å². The lowest BCUT2D eigenvalue weighted by Gasteiger charge is -2.14. The lowest BCUT2D eigenvalue weighted by atomic mass is 10.1. The molecule has 2 heterocycles. The van der Waals surface area contributed by atoms with Gasteiger partial charge in [0.05, 0.1) is 25.2 Å². The van der Waals surface area contributed by atoms with Gasteiger partial charge in [0.25, 0.3) is 5.56 Å². The van der Waals surface area contributed by atoms with E-state index in [0.717, 1.165) is 6.07 Å². The second-order valence-corrected chi connectivity index (χ2v) is 6.06. The summed E-state index contributed by atoms with van der Waals surface area (Å²) in [5.74, 6) is -0.329. The van der Waals surface area contributed by atoms with E-state index < -0.39 is 16.9 Å². The smallest absolute Gasteiger partial charge is 0.339 e. The number of nitrogens with zero attached hydrogens (tertiary/aromatic N) is 1. The van der Waals surface area contributed by atoms with Gasteiger partial charge in [-0.1, -0.05) is 12.1 Å². The van der Waals surface area contributed by atoms with E-state index in [-0.39, 0.29) is 23.3 Å². The number of hydrogen-bond acceptors (Lipinski definition) is 5. The first-order valence-corrected chi connectivity index (χ1v) is 8.10. The van der Waals surface area contributed by atoms with Crippen LogP contribution in [0.5, 0.6) is 11.5 Å². The van der Waals surface area contributed by atoms with Crippen molar-refractivity contribution in [1.29, 1.82) is 0 Å². The summed E-state index contributed by atoms with van der Waals surface area (Å²) in [6, 6.07) is 11.6. The third-order valence-corrected chi connectivity index (χ3v) is 4.39. The number of hydrogen-bond donors (Lipinski definition) is 1. The molecular weight excluding hydrogens is 353 g/mol. The van der Waals surface area contributed by atoms with E-state index in [1.165, 1.54) is 23.8 Å². The van der Waals surface area contributed by atoms with Gasteiger partial charge in [0.2, 0.25) is 0 Å².